The van der Waals surface area contributed by atoms with Crippen LogP contribution in [0.1, 0.15) is 16.7 Å². The number of rotatable bonds is 4. The van der Waals surface area contributed by atoms with Crippen LogP contribution in [0.4, 0.5) is 11.4 Å². The summed E-state index contributed by atoms with van der Waals surface area (Å²) in [6.07, 6.45) is 0. The molecule has 132 valence electrons. The van der Waals surface area contributed by atoms with E-state index in [0.717, 1.165) is 37.4 Å². The van der Waals surface area contributed by atoms with Gasteiger partial charge in [-0.3, -0.25) is 4.79 Å². The van der Waals surface area contributed by atoms with Crippen LogP contribution in [0.5, 0.6) is 0 Å². The lowest BCUT2D eigenvalue weighted by molar-refractivity contribution is -0.892. The largest absolute Gasteiger partial charge is 0.360 e. The van der Waals surface area contributed by atoms with E-state index in [1.54, 1.807) is 0 Å². The number of nitrogens with one attached hydrogen (secondary N) is 2. The summed E-state index contributed by atoms with van der Waals surface area (Å²) in [5, 5.41) is 3.08. The highest BCUT2D eigenvalue weighted by atomic mass is 16.2. The number of quaternary nitrogens is 1. The molecule has 0 atom stereocenters. The van der Waals surface area contributed by atoms with Crippen LogP contribution in [0, 0.1) is 20.8 Å². The van der Waals surface area contributed by atoms with E-state index >= 15 is 0 Å². The van der Waals surface area contributed by atoms with E-state index in [1.807, 2.05) is 19.9 Å². The molecule has 4 nitrogen and oxygen atoms in total. The summed E-state index contributed by atoms with van der Waals surface area (Å²) in [4.78, 5) is 16.2. The Morgan fingerprint density at radius 1 is 1.04 bits per heavy atom. The van der Waals surface area contributed by atoms with Crippen molar-refractivity contribution >= 4 is 17.3 Å². The first-order valence-corrected chi connectivity index (χ1v) is 9.04. The van der Waals surface area contributed by atoms with Crippen LogP contribution in [-0.2, 0) is 4.79 Å². The molecule has 0 aromatic heterocycles. The fourth-order valence-corrected chi connectivity index (χ4v) is 3.45. The second kappa shape index (κ2) is 7.70. The monoisotopic (exact) mass is 338 g/mol. The fraction of sp³-hybridized carbons (Fsp3) is 0.381. The summed E-state index contributed by atoms with van der Waals surface area (Å²) in [7, 11) is 0. The molecule has 0 radical (unpaired) electrons. The second-order valence-corrected chi connectivity index (χ2v) is 7.07. The van der Waals surface area contributed by atoms with E-state index in [9.17, 15) is 4.79 Å². The predicted molar refractivity (Wildman–Crippen MR) is 104 cm³/mol. The number of amides is 1. The van der Waals surface area contributed by atoms with Crippen molar-refractivity contribution in [2.24, 2.45) is 0 Å². The van der Waals surface area contributed by atoms with Gasteiger partial charge >= 0.3 is 0 Å². The van der Waals surface area contributed by atoms with Gasteiger partial charge in [0.1, 0.15) is 0 Å². The maximum Gasteiger partial charge on any atom is 0.279 e. The summed E-state index contributed by atoms with van der Waals surface area (Å²) in [6, 6.07) is 14.7. The number of nitrogens with zero attached hydrogens (tertiary/aromatic N) is 1. The van der Waals surface area contributed by atoms with Gasteiger partial charge in [0.15, 0.2) is 6.54 Å². The van der Waals surface area contributed by atoms with E-state index in [-0.39, 0.29) is 5.91 Å². The van der Waals surface area contributed by atoms with Gasteiger partial charge in [0.25, 0.3) is 5.91 Å². The second-order valence-electron chi connectivity index (χ2n) is 7.07. The Morgan fingerprint density at radius 3 is 2.48 bits per heavy atom. The van der Waals surface area contributed by atoms with Crippen molar-refractivity contribution in [2.45, 2.75) is 20.8 Å². The number of para-hydroxylation sites is 1. The van der Waals surface area contributed by atoms with E-state index < -0.39 is 0 Å². The Bertz CT molecular complexity index is 749. The fourth-order valence-electron chi connectivity index (χ4n) is 3.45. The minimum absolute atomic E-state index is 0.105. The van der Waals surface area contributed by atoms with Gasteiger partial charge in [-0.15, -0.1) is 0 Å². The molecule has 1 fully saturated rings. The zero-order valence-corrected chi connectivity index (χ0v) is 15.4. The van der Waals surface area contributed by atoms with Crippen molar-refractivity contribution in [3.05, 3.63) is 59.2 Å². The first-order valence-electron chi connectivity index (χ1n) is 9.04. The molecule has 0 unspecified atom stereocenters. The maximum absolute atomic E-state index is 12.4. The zero-order valence-electron chi connectivity index (χ0n) is 15.4. The first kappa shape index (κ1) is 17.5. The van der Waals surface area contributed by atoms with Crippen molar-refractivity contribution in [3.8, 4) is 0 Å². The number of anilines is 2. The summed E-state index contributed by atoms with van der Waals surface area (Å²) in [5.41, 5.74) is 5.85. The smallest absolute Gasteiger partial charge is 0.279 e. The molecule has 2 aromatic rings. The molecule has 2 N–H and O–H groups in total. The van der Waals surface area contributed by atoms with Crippen LogP contribution in [-0.4, -0.2) is 38.6 Å². The van der Waals surface area contributed by atoms with Crippen molar-refractivity contribution in [1.29, 1.82) is 0 Å². The van der Waals surface area contributed by atoms with E-state index in [0.29, 0.717) is 6.54 Å². The molecular formula is C21H28N3O+. The normalized spacial score (nSPS) is 15.2. The third kappa shape index (κ3) is 4.40. The van der Waals surface area contributed by atoms with Gasteiger partial charge in [0.2, 0.25) is 0 Å². The van der Waals surface area contributed by atoms with Crippen LogP contribution < -0.4 is 15.1 Å². The summed E-state index contributed by atoms with van der Waals surface area (Å²) in [6.45, 7) is 10.8. The molecule has 0 aliphatic carbocycles. The van der Waals surface area contributed by atoms with Gasteiger partial charge in [-0.05, 0) is 49.6 Å². The quantitative estimate of drug-likeness (QED) is 0.894. The van der Waals surface area contributed by atoms with Crippen LogP contribution in [0.3, 0.4) is 0 Å². The lowest BCUT2D eigenvalue weighted by Gasteiger charge is -2.34. The molecule has 0 bridgehead atoms. The number of carbonyl (C=O) groups is 1. The highest BCUT2D eigenvalue weighted by Crippen LogP contribution is 2.19. The van der Waals surface area contributed by atoms with Crippen molar-refractivity contribution < 1.29 is 9.69 Å². The summed E-state index contributed by atoms with van der Waals surface area (Å²) in [5.74, 6) is 0.105. The highest BCUT2D eigenvalue weighted by Gasteiger charge is 2.23. The standard InChI is InChI=1S/C21H27N3O/c1-16-8-9-17(2)19(14-16)22-21(25)15-23-10-12-24(13-11-23)20-7-5-4-6-18(20)3/h4-9,14H,10-13,15H2,1-3H3,(H,22,25)/p+1. The molecule has 3 rings (SSSR count). The van der Waals surface area contributed by atoms with Crippen molar-refractivity contribution in [2.75, 3.05) is 42.9 Å². The SMILES string of the molecule is Cc1ccc(C)c(NC(=O)C[NH+]2CCN(c3ccccc3C)CC2)c1. The molecule has 0 spiro atoms. The lowest BCUT2D eigenvalue weighted by Crippen LogP contribution is -3.15. The van der Waals surface area contributed by atoms with Crippen LogP contribution >= 0.6 is 0 Å². The van der Waals surface area contributed by atoms with Crippen molar-refractivity contribution in [1.82, 2.24) is 0 Å². The van der Waals surface area contributed by atoms with Gasteiger partial charge in [0, 0.05) is 11.4 Å². The van der Waals surface area contributed by atoms with Gasteiger partial charge in [0.05, 0.1) is 26.2 Å². The molecule has 1 aliphatic heterocycles. The molecule has 25 heavy (non-hydrogen) atoms. The molecule has 1 aliphatic rings. The van der Waals surface area contributed by atoms with E-state index in [1.165, 1.54) is 21.7 Å². The number of hydrogen-bond donors (Lipinski definition) is 2. The summed E-state index contributed by atoms with van der Waals surface area (Å²) >= 11 is 0. The third-order valence-corrected chi connectivity index (χ3v) is 5.00. The van der Waals surface area contributed by atoms with Gasteiger partial charge in [-0.2, -0.15) is 0 Å². The Morgan fingerprint density at radius 2 is 1.76 bits per heavy atom. The summed E-state index contributed by atoms with van der Waals surface area (Å²) < 4.78 is 0. The van der Waals surface area contributed by atoms with E-state index in [2.05, 4.69) is 53.5 Å². The molecule has 1 saturated heterocycles. The first-order chi connectivity index (χ1) is 12.0. The molecular weight excluding hydrogens is 310 g/mol. The number of hydrogen-bond acceptors (Lipinski definition) is 2. The van der Waals surface area contributed by atoms with Crippen LogP contribution in [0.2, 0.25) is 0 Å². The molecule has 1 amide bonds. The van der Waals surface area contributed by atoms with Gasteiger partial charge in [-0.1, -0.05) is 30.3 Å². The average molecular weight is 338 g/mol. The van der Waals surface area contributed by atoms with Crippen LogP contribution in [0.25, 0.3) is 0 Å². The van der Waals surface area contributed by atoms with Gasteiger partial charge in [-0.25, -0.2) is 0 Å². The number of aryl methyl sites for hydroxylation is 3. The number of carbonyl (C=O) groups excluding carboxylic acids is 1. The lowest BCUT2D eigenvalue weighted by atomic mass is 10.1. The number of piperazine rings is 1. The van der Waals surface area contributed by atoms with Gasteiger partial charge < -0.3 is 15.1 Å². The highest BCUT2D eigenvalue weighted by molar-refractivity contribution is 5.92. The van der Waals surface area contributed by atoms with Crippen LogP contribution in [0.15, 0.2) is 42.5 Å². The molecule has 4 heteroatoms. The average Bonchev–Trinajstić information content (AvgIpc) is 2.59. The Kier molecular flexibility index (Phi) is 5.39. The topological polar surface area (TPSA) is 36.8 Å². The van der Waals surface area contributed by atoms with E-state index in [4.69, 9.17) is 0 Å². The Balaban J connectivity index is 1.53. The number of benzene rings is 2. The Hall–Kier alpha value is -2.33. The van der Waals surface area contributed by atoms with Crippen molar-refractivity contribution in [3.63, 3.8) is 0 Å². The minimum atomic E-state index is 0.105. The third-order valence-electron chi connectivity index (χ3n) is 5.00. The molecule has 1 heterocycles. The maximum atomic E-state index is 12.4. The Labute approximate surface area is 150 Å². The minimum Gasteiger partial charge on any atom is -0.360 e. The molecule has 0 saturated carbocycles. The molecule has 2 aromatic carbocycles. The predicted octanol–water partition coefficient (Wildman–Crippen LogP) is 1.96. The zero-order chi connectivity index (χ0) is 17.8.